The fourth-order valence-electron chi connectivity index (χ4n) is 2.66. The Labute approximate surface area is 124 Å². The highest BCUT2D eigenvalue weighted by molar-refractivity contribution is 5.86. The lowest BCUT2D eigenvalue weighted by Gasteiger charge is -2.30. The van der Waals surface area contributed by atoms with Gasteiger partial charge in [0, 0.05) is 30.9 Å². The molecule has 0 atom stereocenters. The molecule has 2 aromatic rings. The van der Waals surface area contributed by atoms with Crippen LogP contribution in [0.3, 0.4) is 0 Å². The van der Waals surface area contributed by atoms with Crippen LogP contribution in [-0.4, -0.2) is 25.5 Å². The van der Waals surface area contributed by atoms with Gasteiger partial charge in [-0.05, 0) is 17.2 Å². The zero-order valence-electron chi connectivity index (χ0n) is 11.9. The second-order valence-corrected chi connectivity index (χ2v) is 5.19. The molecule has 4 nitrogen and oxygen atoms in total. The highest BCUT2D eigenvalue weighted by Gasteiger charge is 2.19. The van der Waals surface area contributed by atoms with Crippen molar-refractivity contribution in [1.82, 2.24) is 5.32 Å². The van der Waals surface area contributed by atoms with Gasteiger partial charge in [-0.15, -0.1) is 0 Å². The number of piperazine rings is 1. The number of nitrogens with zero attached hydrogens (tertiary/aromatic N) is 1. The maximum absolute atomic E-state index is 11.6. The predicted molar refractivity (Wildman–Crippen MR) is 85.0 cm³/mol. The van der Waals surface area contributed by atoms with Crippen LogP contribution in [0.4, 0.5) is 5.69 Å². The molecule has 0 aliphatic carbocycles. The average molecular weight is 281 g/mol. The second-order valence-electron chi connectivity index (χ2n) is 5.19. The van der Waals surface area contributed by atoms with E-state index in [-0.39, 0.29) is 5.91 Å². The summed E-state index contributed by atoms with van der Waals surface area (Å²) in [6.45, 7) is 2.50. The molecule has 1 heterocycles. The van der Waals surface area contributed by atoms with E-state index in [0.29, 0.717) is 19.6 Å². The zero-order chi connectivity index (χ0) is 14.7. The molecule has 0 unspecified atom stereocenters. The summed E-state index contributed by atoms with van der Waals surface area (Å²) in [6, 6.07) is 16.5. The van der Waals surface area contributed by atoms with Gasteiger partial charge >= 0.3 is 0 Å². The van der Waals surface area contributed by atoms with E-state index >= 15 is 0 Å². The highest BCUT2D eigenvalue weighted by Crippen LogP contribution is 2.31. The molecule has 1 aliphatic rings. The van der Waals surface area contributed by atoms with Gasteiger partial charge in [-0.25, -0.2) is 0 Å². The van der Waals surface area contributed by atoms with Gasteiger partial charge in [0.25, 0.3) is 0 Å². The number of hydrogen-bond acceptors (Lipinski definition) is 3. The van der Waals surface area contributed by atoms with Gasteiger partial charge in [-0.2, -0.15) is 0 Å². The normalized spacial score (nSPS) is 14.9. The van der Waals surface area contributed by atoms with Gasteiger partial charge in [-0.3, -0.25) is 4.79 Å². The molecule has 0 radical (unpaired) electrons. The summed E-state index contributed by atoms with van der Waals surface area (Å²) in [4.78, 5) is 13.7. The molecule has 0 bridgehead atoms. The minimum absolute atomic E-state index is 0.0783. The first-order chi connectivity index (χ1) is 10.3. The fraction of sp³-hybridized carbons (Fsp3) is 0.235. The van der Waals surface area contributed by atoms with Crippen molar-refractivity contribution in [2.45, 2.75) is 6.54 Å². The monoisotopic (exact) mass is 281 g/mol. The Hall–Kier alpha value is -2.33. The zero-order valence-corrected chi connectivity index (χ0v) is 11.9. The maximum Gasteiger partial charge on any atom is 0.239 e. The van der Waals surface area contributed by atoms with Crippen LogP contribution in [0.5, 0.6) is 0 Å². The third-order valence-electron chi connectivity index (χ3n) is 3.78. The Morgan fingerprint density at radius 3 is 2.57 bits per heavy atom. The van der Waals surface area contributed by atoms with Gasteiger partial charge in [0.05, 0.1) is 6.54 Å². The molecule has 4 heteroatoms. The number of benzene rings is 2. The molecule has 1 aliphatic heterocycles. The summed E-state index contributed by atoms with van der Waals surface area (Å²) in [7, 11) is 0. The van der Waals surface area contributed by atoms with Crippen LogP contribution in [0.15, 0.2) is 48.5 Å². The van der Waals surface area contributed by atoms with Gasteiger partial charge in [0.1, 0.15) is 0 Å². The van der Waals surface area contributed by atoms with Crippen LogP contribution in [0.2, 0.25) is 0 Å². The molecule has 1 amide bonds. The van der Waals surface area contributed by atoms with E-state index in [2.05, 4.69) is 46.6 Å². The van der Waals surface area contributed by atoms with E-state index in [9.17, 15) is 4.79 Å². The molecule has 1 saturated heterocycles. The van der Waals surface area contributed by atoms with Crippen molar-refractivity contribution < 1.29 is 4.79 Å². The molecule has 0 aromatic heterocycles. The number of rotatable bonds is 3. The third-order valence-corrected chi connectivity index (χ3v) is 3.78. The van der Waals surface area contributed by atoms with Crippen molar-refractivity contribution in [1.29, 1.82) is 0 Å². The summed E-state index contributed by atoms with van der Waals surface area (Å²) in [6.07, 6.45) is 0. The van der Waals surface area contributed by atoms with E-state index in [1.165, 1.54) is 0 Å². The number of nitrogens with one attached hydrogen (secondary N) is 1. The van der Waals surface area contributed by atoms with Crippen molar-refractivity contribution in [2.75, 3.05) is 24.5 Å². The number of anilines is 1. The van der Waals surface area contributed by atoms with Crippen LogP contribution >= 0.6 is 0 Å². The molecule has 2 aromatic carbocycles. The maximum atomic E-state index is 11.6. The molecule has 0 saturated carbocycles. The van der Waals surface area contributed by atoms with Crippen molar-refractivity contribution in [2.24, 2.45) is 5.73 Å². The van der Waals surface area contributed by atoms with Crippen LogP contribution in [0, 0.1) is 0 Å². The SMILES string of the molecule is NCc1ccc(-c2ccccc2N2CCNC(=O)C2)cc1. The van der Waals surface area contributed by atoms with Crippen molar-refractivity contribution in [3.05, 3.63) is 54.1 Å². The molecule has 1 fully saturated rings. The van der Waals surface area contributed by atoms with Crippen LogP contribution in [0.1, 0.15) is 5.56 Å². The van der Waals surface area contributed by atoms with Crippen molar-refractivity contribution in [3.8, 4) is 11.1 Å². The number of para-hydroxylation sites is 1. The van der Waals surface area contributed by atoms with Crippen molar-refractivity contribution >= 4 is 11.6 Å². The van der Waals surface area contributed by atoms with E-state index in [1.807, 2.05) is 12.1 Å². The molecule has 108 valence electrons. The third kappa shape index (κ3) is 2.90. The van der Waals surface area contributed by atoms with Gasteiger partial charge < -0.3 is 16.0 Å². The number of amides is 1. The molecule has 0 spiro atoms. The first kappa shape index (κ1) is 13.6. The molecular weight excluding hydrogens is 262 g/mol. The first-order valence-electron chi connectivity index (χ1n) is 7.18. The van der Waals surface area contributed by atoms with Crippen LogP contribution in [-0.2, 0) is 11.3 Å². The Bertz CT molecular complexity index is 637. The lowest BCUT2D eigenvalue weighted by atomic mass is 10.0. The van der Waals surface area contributed by atoms with E-state index in [1.54, 1.807) is 0 Å². The minimum atomic E-state index is 0.0783. The average Bonchev–Trinajstić information content (AvgIpc) is 2.55. The molecule has 21 heavy (non-hydrogen) atoms. The summed E-state index contributed by atoms with van der Waals surface area (Å²) in [5, 5.41) is 2.86. The van der Waals surface area contributed by atoms with Crippen LogP contribution < -0.4 is 16.0 Å². The Morgan fingerprint density at radius 1 is 1.10 bits per heavy atom. The topological polar surface area (TPSA) is 58.4 Å². The number of carbonyl (C=O) groups excluding carboxylic acids is 1. The van der Waals surface area contributed by atoms with Crippen LogP contribution in [0.25, 0.3) is 11.1 Å². The summed E-state index contributed by atoms with van der Waals surface area (Å²) >= 11 is 0. The fourth-order valence-corrected chi connectivity index (χ4v) is 2.66. The highest BCUT2D eigenvalue weighted by atomic mass is 16.2. The van der Waals surface area contributed by atoms with Gasteiger partial charge in [0.15, 0.2) is 0 Å². The Kier molecular flexibility index (Phi) is 3.88. The molecule has 3 N–H and O–H groups in total. The molecule has 3 rings (SSSR count). The largest absolute Gasteiger partial charge is 0.360 e. The van der Waals surface area contributed by atoms with Gasteiger partial charge in [-0.1, -0.05) is 42.5 Å². The van der Waals surface area contributed by atoms with E-state index in [0.717, 1.165) is 28.9 Å². The smallest absolute Gasteiger partial charge is 0.239 e. The predicted octanol–water partition coefficient (Wildman–Crippen LogP) is 1.75. The number of nitrogens with two attached hydrogens (primary N) is 1. The van der Waals surface area contributed by atoms with E-state index in [4.69, 9.17) is 5.73 Å². The number of hydrogen-bond donors (Lipinski definition) is 2. The van der Waals surface area contributed by atoms with Gasteiger partial charge in [0.2, 0.25) is 5.91 Å². The Morgan fingerprint density at radius 2 is 1.86 bits per heavy atom. The molecular formula is C17H19N3O. The second kappa shape index (κ2) is 5.97. The lowest BCUT2D eigenvalue weighted by Crippen LogP contribution is -2.47. The lowest BCUT2D eigenvalue weighted by molar-refractivity contribution is -0.120. The first-order valence-corrected chi connectivity index (χ1v) is 7.18. The van der Waals surface area contributed by atoms with Crippen molar-refractivity contribution in [3.63, 3.8) is 0 Å². The summed E-state index contributed by atoms with van der Waals surface area (Å²) in [5.41, 5.74) is 10.2. The quantitative estimate of drug-likeness (QED) is 0.901. The Balaban J connectivity index is 1.96. The number of carbonyl (C=O) groups is 1. The van der Waals surface area contributed by atoms with E-state index < -0.39 is 0 Å². The summed E-state index contributed by atoms with van der Waals surface area (Å²) < 4.78 is 0. The summed E-state index contributed by atoms with van der Waals surface area (Å²) in [5.74, 6) is 0.0783. The minimum Gasteiger partial charge on any atom is -0.360 e. The standard InChI is InChI=1S/C17H19N3O/c18-11-13-5-7-14(8-6-13)15-3-1-2-4-16(15)20-10-9-19-17(21)12-20/h1-8H,9-12,18H2,(H,19,21).